The van der Waals surface area contributed by atoms with Gasteiger partial charge in [0, 0.05) is 10.8 Å². The van der Waals surface area contributed by atoms with E-state index in [9.17, 15) is 0 Å². The van der Waals surface area contributed by atoms with Crippen molar-refractivity contribution in [3.05, 3.63) is 0 Å². The van der Waals surface area contributed by atoms with Crippen molar-refractivity contribution in [1.82, 2.24) is 0 Å². The van der Waals surface area contributed by atoms with E-state index in [1.165, 1.54) is 0 Å². The van der Waals surface area contributed by atoms with Gasteiger partial charge in [-0.05, 0) is 6.04 Å². The summed E-state index contributed by atoms with van der Waals surface area (Å²) in [4.78, 5) is 0.988. The molecule has 0 radical (unpaired) electrons. The standard InChI is InChI=1S/C3H8BrClSi.C2H4Cl4Si/c1-6(2,5)3-4;3-1-2-7(4,5)6/h3H2,1-2H3;1-2H2. The van der Waals surface area contributed by atoms with Gasteiger partial charge < -0.3 is 0 Å². The van der Waals surface area contributed by atoms with Gasteiger partial charge in [-0.2, -0.15) is 11.1 Å². The zero-order chi connectivity index (χ0) is 11.1. The number of rotatable bonds is 3. The summed E-state index contributed by atoms with van der Waals surface area (Å²) in [5, 5.41) is 0. The van der Waals surface area contributed by atoms with Crippen molar-refractivity contribution in [1.29, 1.82) is 0 Å². The highest BCUT2D eigenvalue weighted by molar-refractivity contribution is 9.09. The van der Waals surface area contributed by atoms with E-state index in [4.69, 9.17) is 55.9 Å². The molecule has 0 rings (SSSR count). The fourth-order valence-electron chi connectivity index (χ4n) is 0.107. The Bertz CT molecular complexity index is 121. The SMILES string of the molecule is C[Si](C)(Cl)CBr.ClCC[Si](Cl)(Cl)Cl. The van der Waals surface area contributed by atoms with Gasteiger partial charge >= 0.3 is 6.00 Å². The lowest BCUT2D eigenvalue weighted by atomic mass is 11.0. The van der Waals surface area contributed by atoms with Crippen LogP contribution in [0.4, 0.5) is 0 Å². The van der Waals surface area contributed by atoms with Gasteiger partial charge in [0.1, 0.15) is 0 Å². The highest BCUT2D eigenvalue weighted by Crippen LogP contribution is 2.24. The van der Waals surface area contributed by atoms with Crippen LogP contribution in [0.15, 0.2) is 0 Å². The Balaban J connectivity index is 0. The molecule has 0 aliphatic rings. The zero-order valence-corrected chi connectivity index (χ0v) is 14.8. The summed E-state index contributed by atoms with van der Waals surface area (Å²) in [6.45, 7) is 4.20. The highest BCUT2D eigenvalue weighted by atomic mass is 79.9. The Hall–Kier alpha value is 2.36. The first-order valence-corrected chi connectivity index (χ1v) is 14.6. The quantitative estimate of drug-likeness (QED) is 0.354. The first-order chi connectivity index (χ1) is 5.62. The summed E-state index contributed by atoms with van der Waals surface area (Å²) >= 11 is 30.6. The molecule has 0 nitrogen and oxygen atoms in total. The Morgan fingerprint density at radius 3 is 1.38 bits per heavy atom. The van der Waals surface area contributed by atoms with E-state index in [1.54, 1.807) is 0 Å². The molecule has 13 heavy (non-hydrogen) atoms. The maximum absolute atomic E-state index is 5.81. The van der Waals surface area contributed by atoms with Crippen molar-refractivity contribution in [2.24, 2.45) is 0 Å². The third kappa shape index (κ3) is 25.0. The van der Waals surface area contributed by atoms with Gasteiger partial charge in [0.15, 0.2) is 7.38 Å². The van der Waals surface area contributed by atoms with Crippen LogP contribution in [-0.2, 0) is 0 Å². The summed E-state index contributed by atoms with van der Waals surface area (Å²) in [5.74, 6) is 0.447. The Labute approximate surface area is 114 Å². The lowest BCUT2D eigenvalue weighted by Gasteiger charge is -2.03. The highest BCUT2D eigenvalue weighted by Gasteiger charge is 2.22. The molecule has 0 aromatic rings. The van der Waals surface area contributed by atoms with Crippen LogP contribution in [0.3, 0.4) is 0 Å². The van der Waals surface area contributed by atoms with E-state index in [0.717, 1.165) is 4.95 Å². The van der Waals surface area contributed by atoms with Crippen molar-refractivity contribution < 1.29 is 0 Å². The first-order valence-electron chi connectivity index (χ1n) is 3.50. The molecule has 0 fully saturated rings. The fourth-order valence-corrected chi connectivity index (χ4v) is 2.89. The topological polar surface area (TPSA) is 0 Å². The second-order valence-electron chi connectivity index (χ2n) is 2.91. The van der Waals surface area contributed by atoms with Crippen LogP contribution in [0.2, 0.25) is 19.1 Å². The number of alkyl halides is 2. The normalized spacial score (nSPS) is 12.0. The molecule has 0 N–H and O–H groups in total. The summed E-state index contributed by atoms with van der Waals surface area (Å²) in [6.07, 6.45) is 0. The van der Waals surface area contributed by atoms with Gasteiger partial charge in [0.2, 0.25) is 0 Å². The molecule has 0 atom stereocenters. The average molecular weight is 385 g/mol. The molecule has 0 unspecified atom stereocenters. The molecule has 0 aliphatic carbocycles. The molecule has 0 spiro atoms. The van der Waals surface area contributed by atoms with Crippen LogP contribution in [0.1, 0.15) is 0 Å². The maximum atomic E-state index is 5.81. The Kier molecular flexibility index (Phi) is 11.6. The van der Waals surface area contributed by atoms with Crippen molar-refractivity contribution in [3.63, 3.8) is 0 Å². The van der Waals surface area contributed by atoms with Gasteiger partial charge in [-0.1, -0.05) is 29.0 Å². The molecule has 0 saturated heterocycles. The van der Waals surface area contributed by atoms with E-state index in [0.29, 0.717) is 11.9 Å². The maximum Gasteiger partial charge on any atom is 0.342 e. The lowest BCUT2D eigenvalue weighted by molar-refractivity contribution is 1.47. The van der Waals surface area contributed by atoms with E-state index < -0.39 is 13.4 Å². The second kappa shape index (κ2) is 8.51. The number of hydrogen-bond acceptors (Lipinski definition) is 0. The molecular weight excluding hydrogens is 373 g/mol. The lowest BCUT2D eigenvalue weighted by Crippen LogP contribution is -2.17. The second-order valence-corrected chi connectivity index (χ2v) is 21.0. The molecule has 0 bridgehead atoms. The van der Waals surface area contributed by atoms with Gasteiger partial charge in [0.25, 0.3) is 0 Å². The zero-order valence-electron chi connectivity index (χ0n) is 7.39. The molecule has 0 amide bonds. The van der Waals surface area contributed by atoms with Gasteiger partial charge in [-0.3, -0.25) is 0 Å². The monoisotopic (exact) mass is 382 g/mol. The van der Waals surface area contributed by atoms with Crippen LogP contribution in [0, 0.1) is 0 Å². The minimum absolute atomic E-state index is 0.447. The molecular formula is C5H12BrCl5Si2. The Morgan fingerprint density at radius 2 is 1.38 bits per heavy atom. The van der Waals surface area contributed by atoms with Crippen molar-refractivity contribution in [2.45, 2.75) is 19.1 Å². The van der Waals surface area contributed by atoms with Crippen molar-refractivity contribution >= 4 is 85.2 Å². The molecule has 0 saturated carbocycles. The Morgan fingerprint density at radius 1 is 1.08 bits per heavy atom. The smallest absolute Gasteiger partial charge is 0.167 e. The van der Waals surface area contributed by atoms with Gasteiger partial charge in [0.05, 0.1) is 0 Å². The first kappa shape index (κ1) is 17.7. The van der Waals surface area contributed by atoms with Crippen molar-refractivity contribution in [2.75, 3.05) is 10.8 Å². The van der Waals surface area contributed by atoms with Crippen LogP contribution >= 0.6 is 71.8 Å². The minimum Gasteiger partial charge on any atom is -0.167 e. The van der Waals surface area contributed by atoms with Crippen LogP contribution in [-0.4, -0.2) is 24.2 Å². The van der Waals surface area contributed by atoms with Crippen molar-refractivity contribution in [3.8, 4) is 0 Å². The largest absolute Gasteiger partial charge is 0.342 e. The third-order valence-electron chi connectivity index (χ3n) is 0.696. The van der Waals surface area contributed by atoms with Crippen LogP contribution in [0.25, 0.3) is 0 Å². The van der Waals surface area contributed by atoms with Crippen LogP contribution < -0.4 is 0 Å². The van der Waals surface area contributed by atoms with Gasteiger partial charge in [-0.25, -0.2) is 0 Å². The molecule has 8 heteroatoms. The number of hydrogen-bond donors (Lipinski definition) is 0. The molecule has 0 aliphatic heterocycles. The van der Waals surface area contributed by atoms with E-state index in [1.807, 2.05) is 0 Å². The summed E-state index contributed by atoms with van der Waals surface area (Å²) in [5.41, 5.74) is 0. The summed E-state index contributed by atoms with van der Waals surface area (Å²) < 4.78 is 0. The number of halogens is 6. The van der Waals surface area contributed by atoms with Crippen LogP contribution in [0.5, 0.6) is 0 Å². The van der Waals surface area contributed by atoms with E-state index >= 15 is 0 Å². The molecule has 0 aromatic heterocycles. The summed E-state index contributed by atoms with van der Waals surface area (Å²) in [6, 6.07) is -1.83. The minimum atomic E-state index is -2.37. The fraction of sp³-hybridized carbons (Fsp3) is 1.00. The van der Waals surface area contributed by atoms with E-state index in [-0.39, 0.29) is 0 Å². The molecule has 0 aromatic carbocycles. The molecule has 82 valence electrons. The average Bonchev–Trinajstić information content (AvgIpc) is 1.84. The predicted octanol–water partition coefficient (Wildman–Crippen LogP) is 5.24. The van der Waals surface area contributed by atoms with E-state index in [2.05, 4.69) is 29.0 Å². The third-order valence-corrected chi connectivity index (χ3v) is 9.93. The summed E-state index contributed by atoms with van der Waals surface area (Å²) in [7, 11) is -1.24. The van der Waals surface area contributed by atoms with Gasteiger partial charge in [-0.15, -0.1) is 44.8 Å². The predicted molar refractivity (Wildman–Crippen MR) is 76.0 cm³/mol. The molecule has 0 heterocycles.